The molecule has 0 aliphatic carbocycles. The van der Waals surface area contributed by atoms with Gasteiger partial charge in [0.2, 0.25) is 0 Å². The molecule has 1 atom stereocenters. The number of thiazole rings is 1. The van der Waals surface area contributed by atoms with Crippen LogP contribution >= 0.6 is 11.3 Å². The Hall–Kier alpha value is -1.88. The number of amides is 1. The van der Waals surface area contributed by atoms with Gasteiger partial charge in [0.05, 0.1) is 23.4 Å². The van der Waals surface area contributed by atoms with E-state index in [9.17, 15) is 4.79 Å². The van der Waals surface area contributed by atoms with Crippen molar-refractivity contribution in [2.45, 2.75) is 33.7 Å². The fourth-order valence-corrected chi connectivity index (χ4v) is 2.60. The highest BCUT2D eigenvalue weighted by atomic mass is 32.1. The molecule has 1 amide bonds. The molecule has 2 rings (SSSR count). The Kier molecular flexibility index (Phi) is 5.55. The smallest absolute Gasteiger partial charge is 0.251 e. The maximum absolute atomic E-state index is 12.2. The van der Waals surface area contributed by atoms with Gasteiger partial charge in [-0.25, -0.2) is 4.98 Å². The molecule has 0 aliphatic rings. The average molecular weight is 318 g/mol. The van der Waals surface area contributed by atoms with Crippen LogP contribution in [0.4, 0.5) is 0 Å². The van der Waals surface area contributed by atoms with Crippen molar-refractivity contribution in [1.82, 2.24) is 10.3 Å². The minimum absolute atomic E-state index is 0.102. The molecule has 1 aromatic heterocycles. The van der Waals surface area contributed by atoms with Crippen LogP contribution in [0.5, 0.6) is 5.75 Å². The molecular weight excluding hydrogens is 296 g/mol. The second kappa shape index (κ2) is 7.40. The van der Waals surface area contributed by atoms with Crippen molar-refractivity contribution < 1.29 is 9.53 Å². The van der Waals surface area contributed by atoms with E-state index in [-0.39, 0.29) is 11.9 Å². The molecule has 0 spiro atoms. The van der Waals surface area contributed by atoms with E-state index in [1.807, 2.05) is 31.4 Å². The summed E-state index contributed by atoms with van der Waals surface area (Å²) in [5.41, 5.74) is 1.52. The molecule has 0 saturated heterocycles. The van der Waals surface area contributed by atoms with Crippen molar-refractivity contribution in [2.75, 3.05) is 6.61 Å². The van der Waals surface area contributed by atoms with Crippen molar-refractivity contribution in [2.24, 2.45) is 5.92 Å². The first-order chi connectivity index (χ1) is 10.5. The predicted octanol–water partition coefficient (Wildman–Crippen LogP) is 3.98. The Labute approximate surface area is 135 Å². The molecule has 1 unspecified atom stereocenters. The minimum Gasteiger partial charge on any atom is -0.493 e. The second-order valence-electron chi connectivity index (χ2n) is 5.72. The van der Waals surface area contributed by atoms with Gasteiger partial charge < -0.3 is 10.1 Å². The standard InChI is InChI=1S/C17H22N2O2S/c1-11(2)9-21-15-7-5-14(6-8-15)17(20)18-12(3)16-10-22-13(4)19-16/h5-8,10-12H,9H2,1-4H3,(H,18,20). The van der Waals surface area contributed by atoms with Crippen LogP contribution < -0.4 is 10.1 Å². The second-order valence-corrected chi connectivity index (χ2v) is 6.78. The van der Waals surface area contributed by atoms with E-state index in [4.69, 9.17) is 4.74 Å². The van der Waals surface area contributed by atoms with Crippen LogP contribution in [0.15, 0.2) is 29.6 Å². The van der Waals surface area contributed by atoms with E-state index >= 15 is 0 Å². The van der Waals surface area contributed by atoms with Crippen LogP contribution in [0.3, 0.4) is 0 Å². The molecule has 0 saturated carbocycles. The topological polar surface area (TPSA) is 51.2 Å². The lowest BCUT2D eigenvalue weighted by molar-refractivity contribution is 0.0939. The summed E-state index contributed by atoms with van der Waals surface area (Å²) in [6.07, 6.45) is 0. The summed E-state index contributed by atoms with van der Waals surface area (Å²) in [4.78, 5) is 16.6. The first kappa shape index (κ1) is 16.5. The summed E-state index contributed by atoms with van der Waals surface area (Å²) in [6, 6.07) is 7.12. The lowest BCUT2D eigenvalue weighted by atomic mass is 10.1. The van der Waals surface area contributed by atoms with Crippen molar-refractivity contribution in [3.8, 4) is 5.75 Å². The monoisotopic (exact) mass is 318 g/mol. The van der Waals surface area contributed by atoms with Gasteiger partial charge in [0.25, 0.3) is 5.91 Å². The fourth-order valence-electron chi connectivity index (χ4n) is 1.90. The third-order valence-electron chi connectivity index (χ3n) is 3.13. The Balaban J connectivity index is 1.94. The number of aromatic nitrogens is 1. The average Bonchev–Trinajstić information content (AvgIpc) is 2.92. The molecule has 0 bridgehead atoms. The number of hydrogen-bond acceptors (Lipinski definition) is 4. The number of nitrogens with zero attached hydrogens (tertiary/aromatic N) is 1. The summed E-state index contributed by atoms with van der Waals surface area (Å²) >= 11 is 1.59. The number of benzene rings is 1. The summed E-state index contributed by atoms with van der Waals surface area (Å²) < 4.78 is 5.61. The van der Waals surface area contributed by atoms with Crippen LogP contribution in [0, 0.1) is 12.8 Å². The van der Waals surface area contributed by atoms with Crippen molar-refractivity contribution in [3.05, 3.63) is 45.9 Å². The zero-order chi connectivity index (χ0) is 16.1. The molecule has 118 valence electrons. The van der Waals surface area contributed by atoms with Crippen LogP contribution in [0.2, 0.25) is 0 Å². The predicted molar refractivity (Wildman–Crippen MR) is 89.5 cm³/mol. The summed E-state index contributed by atoms with van der Waals surface area (Å²) in [5, 5.41) is 5.94. The van der Waals surface area contributed by atoms with Crippen molar-refractivity contribution in [1.29, 1.82) is 0 Å². The van der Waals surface area contributed by atoms with E-state index in [0.29, 0.717) is 18.1 Å². The number of nitrogens with one attached hydrogen (secondary N) is 1. The third kappa shape index (κ3) is 4.56. The molecule has 4 nitrogen and oxygen atoms in total. The molecule has 22 heavy (non-hydrogen) atoms. The quantitative estimate of drug-likeness (QED) is 0.876. The number of ether oxygens (including phenoxy) is 1. The lowest BCUT2D eigenvalue weighted by Gasteiger charge is -2.12. The molecule has 0 aliphatic heterocycles. The molecular formula is C17H22N2O2S. The normalized spacial score (nSPS) is 12.2. The van der Waals surface area contributed by atoms with Gasteiger partial charge in [0.1, 0.15) is 5.75 Å². The van der Waals surface area contributed by atoms with Gasteiger partial charge in [0.15, 0.2) is 0 Å². The number of carbonyl (C=O) groups excluding carboxylic acids is 1. The van der Waals surface area contributed by atoms with Gasteiger partial charge in [-0.05, 0) is 44.0 Å². The number of aryl methyl sites for hydroxylation is 1. The Morgan fingerprint density at radius 3 is 2.50 bits per heavy atom. The van der Waals surface area contributed by atoms with E-state index in [1.54, 1.807) is 23.5 Å². The summed E-state index contributed by atoms with van der Waals surface area (Å²) in [5.74, 6) is 1.16. The highest BCUT2D eigenvalue weighted by molar-refractivity contribution is 7.09. The Morgan fingerprint density at radius 2 is 1.95 bits per heavy atom. The van der Waals surface area contributed by atoms with E-state index in [2.05, 4.69) is 24.1 Å². The third-order valence-corrected chi connectivity index (χ3v) is 3.92. The molecule has 1 N–H and O–H groups in total. The zero-order valence-corrected chi connectivity index (χ0v) is 14.2. The Bertz CT molecular complexity index is 620. The van der Waals surface area contributed by atoms with E-state index in [0.717, 1.165) is 16.5 Å². The summed E-state index contributed by atoms with van der Waals surface area (Å²) in [6.45, 7) is 8.77. The van der Waals surface area contributed by atoms with Crippen LogP contribution in [0.1, 0.15) is 47.9 Å². The lowest BCUT2D eigenvalue weighted by Crippen LogP contribution is -2.26. The van der Waals surface area contributed by atoms with Crippen LogP contribution in [0.25, 0.3) is 0 Å². The molecule has 0 fully saturated rings. The van der Waals surface area contributed by atoms with E-state index in [1.165, 1.54) is 0 Å². The SMILES string of the molecule is Cc1nc(C(C)NC(=O)c2ccc(OCC(C)C)cc2)cs1. The largest absolute Gasteiger partial charge is 0.493 e. The maximum Gasteiger partial charge on any atom is 0.251 e. The van der Waals surface area contributed by atoms with Gasteiger partial charge in [-0.15, -0.1) is 11.3 Å². The number of rotatable bonds is 6. The zero-order valence-electron chi connectivity index (χ0n) is 13.4. The Morgan fingerprint density at radius 1 is 1.27 bits per heavy atom. The van der Waals surface area contributed by atoms with Gasteiger partial charge in [0, 0.05) is 10.9 Å². The highest BCUT2D eigenvalue weighted by Gasteiger charge is 2.13. The minimum atomic E-state index is -0.103. The fraction of sp³-hybridized carbons (Fsp3) is 0.412. The van der Waals surface area contributed by atoms with Crippen LogP contribution in [-0.2, 0) is 0 Å². The molecule has 1 heterocycles. The molecule has 2 aromatic rings. The van der Waals surface area contributed by atoms with Crippen molar-refractivity contribution in [3.63, 3.8) is 0 Å². The number of hydrogen-bond donors (Lipinski definition) is 1. The van der Waals surface area contributed by atoms with E-state index < -0.39 is 0 Å². The molecule has 5 heteroatoms. The first-order valence-corrected chi connectivity index (χ1v) is 8.29. The first-order valence-electron chi connectivity index (χ1n) is 7.41. The van der Waals surface area contributed by atoms with Crippen molar-refractivity contribution >= 4 is 17.2 Å². The number of carbonyl (C=O) groups is 1. The van der Waals surface area contributed by atoms with Gasteiger partial charge in [-0.3, -0.25) is 4.79 Å². The maximum atomic E-state index is 12.2. The summed E-state index contributed by atoms with van der Waals surface area (Å²) in [7, 11) is 0. The van der Waals surface area contributed by atoms with Gasteiger partial charge >= 0.3 is 0 Å². The molecule has 0 radical (unpaired) electrons. The van der Waals surface area contributed by atoms with Gasteiger partial charge in [-0.2, -0.15) is 0 Å². The van der Waals surface area contributed by atoms with Crippen LogP contribution in [-0.4, -0.2) is 17.5 Å². The molecule has 1 aromatic carbocycles. The highest BCUT2D eigenvalue weighted by Crippen LogP contribution is 2.17. The van der Waals surface area contributed by atoms with Gasteiger partial charge in [-0.1, -0.05) is 13.8 Å².